The van der Waals surface area contributed by atoms with Gasteiger partial charge in [0.25, 0.3) is 5.91 Å². The van der Waals surface area contributed by atoms with E-state index in [1.54, 1.807) is 24.3 Å². The SMILES string of the molecule is CCCOC(=O)c1ccc(NC(=O)c2cccc(S(=O)(=O)N(C)C)c2)cc1. The number of amides is 1. The van der Waals surface area contributed by atoms with E-state index < -0.39 is 21.9 Å². The van der Waals surface area contributed by atoms with Gasteiger partial charge in [0, 0.05) is 25.3 Å². The van der Waals surface area contributed by atoms with Crippen molar-refractivity contribution >= 4 is 27.6 Å². The van der Waals surface area contributed by atoms with Crippen LogP contribution in [-0.2, 0) is 14.8 Å². The summed E-state index contributed by atoms with van der Waals surface area (Å²) in [6.07, 6.45) is 0.739. The van der Waals surface area contributed by atoms with Crippen molar-refractivity contribution in [3.8, 4) is 0 Å². The number of sulfonamides is 1. The standard InChI is InChI=1S/C19H22N2O5S/c1-4-12-26-19(23)14-8-10-16(11-9-14)20-18(22)15-6-5-7-17(13-15)27(24,25)21(2)3/h5-11,13H,4,12H2,1-3H3,(H,20,22). The van der Waals surface area contributed by atoms with Crippen molar-refractivity contribution in [3.63, 3.8) is 0 Å². The summed E-state index contributed by atoms with van der Waals surface area (Å²) < 4.78 is 30.5. The van der Waals surface area contributed by atoms with E-state index in [-0.39, 0.29) is 10.5 Å². The predicted molar refractivity (Wildman–Crippen MR) is 102 cm³/mol. The van der Waals surface area contributed by atoms with Crippen molar-refractivity contribution in [3.05, 3.63) is 59.7 Å². The molecule has 0 aliphatic rings. The van der Waals surface area contributed by atoms with E-state index >= 15 is 0 Å². The summed E-state index contributed by atoms with van der Waals surface area (Å²) in [5, 5.41) is 2.68. The van der Waals surface area contributed by atoms with E-state index in [1.165, 1.54) is 38.4 Å². The molecule has 144 valence electrons. The van der Waals surface area contributed by atoms with Crippen LogP contribution in [0.1, 0.15) is 34.1 Å². The summed E-state index contributed by atoms with van der Waals surface area (Å²) in [7, 11) is -0.775. The summed E-state index contributed by atoms with van der Waals surface area (Å²) >= 11 is 0. The van der Waals surface area contributed by atoms with Gasteiger partial charge in [0.2, 0.25) is 10.0 Å². The molecule has 0 fully saturated rings. The van der Waals surface area contributed by atoms with Crippen LogP contribution in [0.5, 0.6) is 0 Å². The molecule has 1 N–H and O–H groups in total. The number of nitrogens with one attached hydrogen (secondary N) is 1. The molecule has 0 atom stereocenters. The number of esters is 1. The monoisotopic (exact) mass is 390 g/mol. The largest absolute Gasteiger partial charge is 0.462 e. The fourth-order valence-corrected chi connectivity index (χ4v) is 3.13. The summed E-state index contributed by atoms with van der Waals surface area (Å²) in [6, 6.07) is 12.1. The summed E-state index contributed by atoms with van der Waals surface area (Å²) in [5.74, 6) is -0.872. The number of benzene rings is 2. The third-order valence-electron chi connectivity index (χ3n) is 3.69. The Morgan fingerprint density at radius 1 is 1.04 bits per heavy atom. The van der Waals surface area contributed by atoms with E-state index in [2.05, 4.69) is 5.32 Å². The lowest BCUT2D eigenvalue weighted by molar-refractivity contribution is 0.0505. The number of rotatable bonds is 7. The lowest BCUT2D eigenvalue weighted by Gasteiger charge is -2.12. The zero-order valence-electron chi connectivity index (χ0n) is 15.4. The number of anilines is 1. The third kappa shape index (κ3) is 5.15. The Balaban J connectivity index is 2.13. The van der Waals surface area contributed by atoms with Crippen LogP contribution < -0.4 is 5.32 Å². The molecule has 7 nitrogen and oxygen atoms in total. The second-order valence-corrected chi connectivity index (χ2v) is 8.13. The molecule has 0 saturated heterocycles. The smallest absolute Gasteiger partial charge is 0.338 e. The Hall–Kier alpha value is -2.71. The fraction of sp³-hybridized carbons (Fsp3) is 0.263. The average molecular weight is 390 g/mol. The Bertz CT molecular complexity index is 921. The maximum atomic E-state index is 12.4. The number of hydrogen-bond donors (Lipinski definition) is 1. The van der Waals surface area contributed by atoms with Gasteiger partial charge in [-0.05, 0) is 48.9 Å². The third-order valence-corrected chi connectivity index (χ3v) is 5.50. The maximum Gasteiger partial charge on any atom is 0.338 e. The Labute approximate surface area is 159 Å². The molecule has 0 unspecified atom stereocenters. The molecule has 0 aliphatic carbocycles. The van der Waals surface area contributed by atoms with Crippen LogP contribution in [0.2, 0.25) is 0 Å². The van der Waals surface area contributed by atoms with Crippen molar-refractivity contribution in [2.24, 2.45) is 0 Å². The molecule has 2 rings (SSSR count). The van der Waals surface area contributed by atoms with Gasteiger partial charge in [-0.3, -0.25) is 4.79 Å². The quantitative estimate of drug-likeness (QED) is 0.734. The van der Waals surface area contributed by atoms with E-state index in [0.29, 0.717) is 17.9 Å². The maximum absolute atomic E-state index is 12.4. The second kappa shape index (κ2) is 8.79. The molecule has 2 aromatic rings. The molecule has 8 heteroatoms. The van der Waals surface area contributed by atoms with E-state index in [0.717, 1.165) is 10.7 Å². The molecule has 1 amide bonds. The van der Waals surface area contributed by atoms with Crippen LogP contribution in [-0.4, -0.2) is 45.3 Å². The van der Waals surface area contributed by atoms with Gasteiger partial charge < -0.3 is 10.1 Å². The molecule has 0 heterocycles. The average Bonchev–Trinajstić information content (AvgIpc) is 2.66. The van der Waals surface area contributed by atoms with Crippen LogP contribution >= 0.6 is 0 Å². The molecular formula is C19H22N2O5S. The van der Waals surface area contributed by atoms with Gasteiger partial charge in [0.1, 0.15) is 0 Å². The summed E-state index contributed by atoms with van der Waals surface area (Å²) in [5.41, 5.74) is 1.08. The van der Waals surface area contributed by atoms with Gasteiger partial charge in [0.05, 0.1) is 17.1 Å². The first-order valence-electron chi connectivity index (χ1n) is 8.37. The zero-order chi connectivity index (χ0) is 20.0. The summed E-state index contributed by atoms with van der Waals surface area (Å²) in [6.45, 7) is 2.26. The topological polar surface area (TPSA) is 92.8 Å². The second-order valence-electron chi connectivity index (χ2n) is 5.98. The van der Waals surface area contributed by atoms with Crippen LogP contribution in [0.3, 0.4) is 0 Å². The zero-order valence-corrected chi connectivity index (χ0v) is 16.2. The number of carbonyl (C=O) groups excluding carboxylic acids is 2. The van der Waals surface area contributed by atoms with Crippen molar-refractivity contribution in [1.82, 2.24) is 4.31 Å². The number of ether oxygens (including phenoxy) is 1. The number of nitrogens with zero attached hydrogens (tertiary/aromatic N) is 1. The van der Waals surface area contributed by atoms with Crippen molar-refractivity contribution in [2.75, 3.05) is 26.0 Å². The first-order chi connectivity index (χ1) is 12.8. The Kier molecular flexibility index (Phi) is 6.70. The first-order valence-corrected chi connectivity index (χ1v) is 9.81. The normalized spacial score (nSPS) is 11.3. The molecule has 0 aliphatic heterocycles. The molecule has 0 saturated carbocycles. The first kappa shape index (κ1) is 20.6. The Morgan fingerprint density at radius 2 is 1.70 bits per heavy atom. The minimum absolute atomic E-state index is 0.0363. The van der Waals surface area contributed by atoms with Crippen LogP contribution in [0.25, 0.3) is 0 Å². The van der Waals surface area contributed by atoms with E-state index in [4.69, 9.17) is 4.74 Å². The highest BCUT2D eigenvalue weighted by atomic mass is 32.2. The lowest BCUT2D eigenvalue weighted by Crippen LogP contribution is -2.22. The van der Waals surface area contributed by atoms with E-state index in [9.17, 15) is 18.0 Å². The van der Waals surface area contributed by atoms with E-state index in [1.807, 2.05) is 6.92 Å². The lowest BCUT2D eigenvalue weighted by atomic mass is 10.2. The highest BCUT2D eigenvalue weighted by Crippen LogP contribution is 2.17. The van der Waals surface area contributed by atoms with Crippen LogP contribution in [0.4, 0.5) is 5.69 Å². The molecule has 2 aromatic carbocycles. The van der Waals surface area contributed by atoms with Crippen LogP contribution in [0.15, 0.2) is 53.4 Å². The van der Waals surface area contributed by atoms with Gasteiger partial charge in [-0.25, -0.2) is 17.5 Å². The van der Waals surface area contributed by atoms with Gasteiger partial charge in [-0.2, -0.15) is 0 Å². The predicted octanol–water partition coefficient (Wildman–Crippen LogP) is 2.76. The molecular weight excluding hydrogens is 368 g/mol. The highest BCUT2D eigenvalue weighted by molar-refractivity contribution is 7.89. The van der Waals surface area contributed by atoms with Gasteiger partial charge in [-0.1, -0.05) is 13.0 Å². The van der Waals surface area contributed by atoms with Gasteiger partial charge >= 0.3 is 5.97 Å². The number of hydrogen-bond acceptors (Lipinski definition) is 5. The Morgan fingerprint density at radius 3 is 2.30 bits per heavy atom. The minimum Gasteiger partial charge on any atom is -0.462 e. The minimum atomic E-state index is -3.63. The van der Waals surface area contributed by atoms with Crippen LogP contribution in [0, 0.1) is 0 Å². The molecule has 0 spiro atoms. The molecule has 0 aromatic heterocycles. The number of carbonyl (C=O) groups is 2. The van der Waals surface area contributed by atoms with Crippen molar-refractivity contribution in [2.45, 2.75) is 18.2 Å². The summed E-state index contributed by atoms with van der Waals surface area (Å²) in [4.78, 5) is 24.2. The fourth-order valence-electron chi connectivity index (χ4n) is 2.18. The van der Waals surface area contributed by atoms with Gasteiger partial charge in [0.15, 0.2) is 0 Å². The van der Waals surface area contributed by atoms with Crippen molar-refractivity contribution < 1.29 is 22.7 Å². The molecule has 0 radical (unpaired) electrons. The van der Waals surface area contributed by atoms with Gasteiger partial charge in [-0.15, -0.1) is 0 Å². The molecule has 0 bridgehead atoms. The molecule has 27 heavy (non-hydrogen) atoms. The highest BCUT2D eigenvalue weighted by Gasteiger charge is 2.18. The van der Waals surface area contributed by atoms with Crippen molar-refractivity contribution in [1.29, 1.82) is 0 Å².